The molecule has 1 amide bonds. The largest absolute Gasteiger partial charge is 0.357 e. The number of hydrogen-bond donors (Lipinski definition) is 2. The third kappa shape index (κ3) is 5.46. The SMILES string of the molecule is CCNC(=NCc1cccc(NC(=O)C2CCCC2)c1)N1CCC(c2cnn(C)c2)C1. The summed E-state index contributed by atoms with van der Waals surface area (Å²) in [5.74, 6) is 1.77. The molecule has 1 saturated carbocycles. The molecule has 166 valence electrons. The fraction of sp³-hybridized carbons (Fsp3) is 0.542. The first-order valence-electron chi connectivity index (χ1n) is 11.5. The average Bonchev–Trinajstić information content (AvgIpc) is 3.52. The summed E-state index contributed by atoms with van der Waals surface area (Å²) in [7, 11) is 1.96. The van der Waals surface area contributed by atoms with Gasteiger partial charge in [0.2, 0.25) is 5.91 Å². The molecule has 1 aliphatic heterocycles. The van der Waals surface area contributed by atoms with Gasteiger partial charge in [0.15, 0.2) is 5.96 Å². The van der Waals surface area contributed by atoms with Crippen LogP contribution in [0.1, 0.15) is 56.1 Å². The molecule has 2 fully saturated rings. The van der Waals surface area contributed by atoms with Gasteiger partial charge in [-0.1, -0.05) is 25.0 Å². The zero-order chi connectivity index (χ0) is 21.6. The summed E-state index contributed by atoms with van der Waals surface area (Å²) in [5.41, 5.74) is 3.27. The average molecular weight is 423 g/mol. The normalized spacial score (nSPS) is 19.7. The number of aromatic nitrogens is 2. The molecule has 4 rings (SSSR count). The summed E-state index contributed by atoms with van der Waals surface area (Å²) in [6.07, 6.45) is 9.55. The first-order chi connectivity index (χ1) is 15.1. The van der Waals surface area contributed by atoms with Crippen molar-refractivity contribution in [1.29, 1.82) is 0 Å². The van der Waals surface area contributed by atoms with Crippen LogP contribution in [-0.4, -0.2) is 46.2 Å². The van der Waals surface area contributed by atoms with E-state index in [-0.39, 0.29) is 11.8 Å². The quantitative estimate of drug-likeness (QED) is 0.552. The van der Waals surface area contributed by atoms with Crippen molar-refractivity contribution >= 4 is 17.6 Å². The lowest BCUT2D eigenvalue weighted by atomic mass is 10.0. The van der Waals surface area contributed by atoms with Gasteiger partial charge in [0.05, 0.1) is 12.7 Å². The molecule has 1 aromatic heterocycles. The second-order valence-electron chi connectivity index (χ2n) is 8.72. The Kier molecular flexibility index (Phi) is 6.89. The van der Waals surface area contributed by atoms with Crippen molar-refractivity contribution in [1.82, 2.24) is 20.0 Å². The number of carbonyl (C=O) groups is 1. The summed E-state index contributed by atoms with van der Waals surface area (Å²) < 4.78 is 1.87. The van der Waals surface area contributed by atoms with Crippen LogP contribution in [0.5, 0.6) is 0 Å². The number of rotatable bonds is 6. The predicted octanol–water partition coefficient (Wildman–Crippen LogP) is 3.50. The van der Waals surface area contributed by atoms with Gasteiger partial charge in [-0.05, 0) is 49.4 Å². The number of hydrogen-bond acceptors (Lipinski definition) is 3. The topological polar surface area (TPSA) is 74.6 Å². The second-order valence-corrected chi connectivity index (χ2v) is 8.72. The molecule has 2 heterocycles. The zero-order valence-electron chi connectivity index (χ0n) is 18.7. The summed E-state index contributed by atoms with van der Waals surface area (Å²) in [6, 6.07) is 8.07. The van der Waals surface area contributed by atoms with Gasteiger partial charge in [-0.3, -0.25) is 9.48 Å². The first-order valence-corrected chi connectivity index (χ1v) is 11.5. The smallest absolute Gasteiger partial charge is 0.227 e. The lowest BCUT2D eigenvalue weighted by Gasteiger charge is -2.21. The molecule has 1 saturated heterocycles. The van der Waals surface area contributed by atoms with E-state index >= 15 is 0 Å². The van der Waals surface area contributed by atoms with Crippen LogP contribution in [0, 0.1) is 5.92 Å². The highest BCUT2D eigenvalue weighted by atomic mass is 16.1. The van der Waals surface area contributed by atoms with E-state index in [2.05, 4.69) is 39.8 Å². The minimum Gasteiger partial charge on any atom is -0.357 e. The molecule has 7 heteroatoms. The van der Waals surface area contributed by atoms with Crippen molar-refractivity contribution in [3.63, 3.8) is 0 Å². The third-order valence-corrected chi connectivity index (χ3v) is 6.35. The molecule has 1 unspecified atom stereocenters. The maximum atomic E-state index is 12.4. The number of amides is 1. The van der Waals surface area contributed by atoms with E-state index in [1.807, 2.05) is 36.1 Å². The van der Waals surface area contributed by atoms with Gasteiger partial charge in [0.25, 0.3) is 0 Å². The number of nitrogens with one attached hydrogen (secondary N) is 2. The zero-order valence-corrected chi connectivity index (χ0v) is 18.7. The Morgan fingerprint density at radius 3 is 2.84 bits per heavy atom. The van der Waals surface area contributed by atoms with Crippen LogP contribution in [0.25, 0.3) is 0 Å². The summed E-state index contributed by atoms with van der Waals surface area (Å²) in [5, 5.41) is 10.9. The van der Waals surface area contributed by atoms with E-state index in [0.717, 1.165) is 68.9 Å². The minimum absolute atomic E-state index is 0.157. The summed E-state index contributed by atoms with van der Waals surface area (Å²) in [6.45, 7) is 5.47. The van der Waals surface area contributed by atoms with Crippen molar-refractivity contribution in [2.45, 2.75) is 51.5 Å². The Hall–Kier alpha value is -2.83. The number of likely N-dealkylation sites (tertiary alicyclic amines) is 1. The number of guanidine groups is 1. The summed E-state index contributed by atoms with van der Waals surface area (Å²) >= 11 is 0. The fourth-order valence-corrected chi connectivity index (χ4v) is 4.65. The predicted molar refractivity (Wildman–Crippen MR) is 124 cm³/mol. The van der Waals surface area contributed by atoms with Gasteiger partial charge in [-0.15, -0.1) is 0 Å². The van der Waals surface area contributed by atoms with Gasteiger partial charge in [0, 0.05) is 50.4 Å². The van der Waals surface area contributed by atoms with E-state index < -0.39 is 0 Å². The minimum atomic E-state index is 0.157. The number of carbonyl (C=O) groups excluding carboxylic acids is 1. The Labute approximate surface area is 184 Å². The Bertz CT molecular complexity index is 914. The lowest BCUT2D eigenvalue weighted by Crippen LogP contribution is -2.40. The van der Waals surface area contributed by atoms with Gasteiger partial charge in [0.1, 0.15) is 0 Å². The fourth-order valence-electron chi connectivity index (χ4n) is 4.65. The molecule has 2 aliphatic rings. The Morgan fingerprint density at radius 2 is 2.10 bits per heavy atom. The van der Waals surface area contributed by atoms with E-state index in [0.29, 0.717) is 12.5 Å². The molecule has 0 radical (unpaired) electrons. The van der Waals surface area contributed by atoms with Crippen molar-refractivity contribution in [2.24, 2.45) is 18.0 Å². The molecule has 2 aromatic rings. The number of aliphatic imine (C=N–C) groups is 1. The molecule has 1 aliphatic carbocycles. The molecule has 0 bridgehead atoms. The van der Waals surface area contributed by atoms with Crippen molar-refractivity contribution < 1.29 is 4.79 Å². The van der Waals surface area contributed by atoms with Crippen molar-refractivity contribution in [2.75, 3.05) is 25.0 Å². The van der Waals surface area contributed by atoms with Crippen LogP contribution < -0.4 is 10.6 Å². The van der Waals surface area contributed by atoms with Crippen LogP contribution in [0.2, 0.25) is 0 Å². The van der Waals surface area contributed by atoms with Crippen LogP contribution >= 0.6 is 0 Å². The highest BCUT2D eigenvalue weighted by molar-refractivity contribution is 5.92. The van der Waals surface area contributed by atoms with Gasteiger partial charge < -0.3 is 15.5 Å². The number of anilines is 1. The molecule has 1 atom stereocenters. The van der Waals surface area contributed by atoms with Gasteiger partial charge >= 0.3 is 0 Å². The van der Waals surface area contributed by atoms with Crippen LogP contribution in [-0.2, 0) is 18.4 Å². The molecule has 0 spiro atoms. The van der Waals surface area contributed by atoms with Gasteiger partial charge in [-0.2, -0.15) is 5.10 Å². The number of nitrogens with zero attached hydrogens (tertiary/aromatic N) is 4. The highest BCUT2D eigenvalue weighted by Gasteiger charge is 2.27. The molecule has 2 N–H and O–H groups in total. The highest BCUT2D eigenvalue weighted by Crippen LogP contribution is 2.27. The number of aryl methyl sites for hydroxylation is 1. The lowest BCUT2D eigenvalue weighted by molar-refractivity contribution is -0.119. The van der Waals surface area contributed by atoms with E-state index in [9.17, 15) is 4.79 Å². The monoisotopic (exact) mass is 422 g/mol. The van der Waals surface area contributed by atoms with Crippen molar-refractivity contribution in [3.05, 3.63) is 47.8 Å². The van der Waals surface area contributed by atoms with E-state index in [1.165, 1.54) is 5.56 Å². The molecule has 31 heavy (non-hydrogen) atoms. The van der Waals surface area contributed by atoms with E-state index in [1.54, 1.807) is 0 Å². The maximum Gasteiger partial charge on any atom is 0.227 e. The molecule has 1 aromatic carbocycles. The number of benzene rings is 1. The standard InChI is InChI=1S/C24H34N6O/c1-3-25-24(30-12-11-20(17-30)21-15-27-29(2)16-21)26-14-18-7-6-10-22(13-18)28-23(31)19-8-4-5-9-19/h6-7,10,13,15-16,19-20H,3-5,8-9,11-12,14,17H2,1-2H3,(H,25,26)(H,28,31). The molecule has 7 nitrogen and oxygen atoms in total. The Morgan fingerprint density at radius 1 is 1.26 bits per heavy atom. The maximum absolute atomic E-state index is 12.4. The molecular formula is C24H34N6O. The van der Waals surface area contributed by atoms with Crippen LogP contribution in [0.4, 0.5) is 5.69 Å². The molecular weight excluding hydrogens is 388 g/mol. The van der Waals surface area contributed by atoms with Crippen LogP contribution in [0.15, 0.2) is 41.7 Å². The Balaban J connectivity index is 1.38. The van der Waals surface area contributed by atoms with Crippen LogP contribution in [0.3, 0.4) is 0 Å². The van der Waals surface area contributed by atoms with Gasteiger partial charge in [-0.25, -0.2) is 4.99 Å². The van der Waals surface area contributed by atoms with Crippen molar-refractivity contribution in [3.8, 4) is 0 Å². The second kappa shape index (κ2) is 9.98. The third-order valence-electron chi connectivity index (χ3n) is 6.35. The van der Waals surface area contributed by atoms with E-state index in [4.69, 9.17) is 4.99 Å². The summed E-state index contributed by atoms with van der Waals surface area (Å²) in [4.78, 5) is 19.7. The first kappa shape index (κ1) is 21.4.